The molecule has 3 aromatic heterocycles. The Morgan fingerprint density at radius 3 is 2.58 bits per heavy atom. The second-order valence-corrected chi connectivity index (χ2v) is 7.85. The van der Waals surface area contributed by atoms with Gasteiger partial charge in [0, 0.05) is 68.4 Å². The third-order valence-electron chi connectivity index (χ3n) is 5.66. The molecule has 4 aromatic rings. The van der Waals surface area contributed by atoms with Gasteiger partial charge >= 0.3 is 0 Å². The second kappa shape index (κ2) is 8.66. The van der Waals surface area contributed by atoms with Crippen molar-refractivity contribution in [2.45, 2.75) is 13.3 Å². The van der Waals surface area contributed by atoms with E-state index in [9.17, 15) is 18.0 Å². The Balaban J connectivity index is 1.42. The predicted octanol–water partition coefficient (Wildman–Crippen LogP) is 2.71. The van der Waals surface area contributed by atoms with Crippen molar-refractivity contribution in [3.63, 3.8) is 0 Å². The summed E-state index contributed by atoms with van der Waals surface area (Å²) >= 11 is 0. The highest BCUT2D eigenvalue weighted by molar-refractivity contribution is 5.82. The maximum Gasteiger partial charge on any atom is 0.250 e. The highest BCUT2D eigenvalue weighted by Gasteiger charge is 2.24. The Kier molecular flexibility index (Phi) is 5.55. The number of nitrogens with zero attached hydrogens (tertiary/aromatic N) is 6. The number of aromatic amines is 1. The molecule has 170 valence electrons. The summed E-state index contributed by atoms with van der Waals surface area (Å²) < 4.78 is 41.4. The summed E-state index contributed by atoms with van der Waals surface area (Å²) in [5.74, 6) is -0.555. The first-order valence-electron chi connectivity index (χ1n) is 10.4. The maximum atomic E-state index is 14.0. The fourth-order valence-electron chi connectivity index (χ4n) is 3.94. The van der Waals surface area contributed by atoms with E-state index < -0.39 is 18.4 Å². The number of aromatic nitrogens is 5. The van der Waals surface area contributed by atoms with Crippen molar-refractivity contribution in [2.75, 3.05) is 31.1 Å². The third-order valence-corrected chi connectivity index (χ3v) is 5.66. The Morgan fingerprint density at radius 2 is 1.85 bits per heavy atom. The van der Waals surface area contributed by atoms with E-state index in [-0.39, 0.29) is 5.56 Å². The van der Waals surface area contributed by atoms with Gasteiger partial charge in [0.1, 0.15) is 22.8 Å². The van der Waals surface area contributed by atoms with Crippen molar-refractivity contribution in [2.24, 2.45) is 0 Å². The molecule has 0 bridgehead atoms. The number of fused-ring (bicyclic) bond motifs is 1. The maximum absolute atomic E-state index is 14.0. The van der Waals surface area contributed by atoms with Gasteiger partial charge in [0.2, 0.25) is 5.56 Å². The second-order valence-electron chi connectivity index (χ2n) is 7.85. The van der Waals surface area contributed by atoms with Crippen molar-refractivity contribution in [3.8, 4) is 11.3 Å². The zero-order valence-electron chi connectivity index (χ0n) is 17.5. The molecule has 0 aliphatic carbocycles. The van der Waals surface area contributed by atoms with Crippen LogP contribution in [0.1, 0.15) is 5.56 Å². The topological polar surface area (TPSA) is 82.9 Å². The number of alkyl halides is 1. The number of hydrogen-bond acceptors (Lipinski definition) is 6. The van der Waals surface area contributed by atoms with E-state index in [1.807, 2.05) is 0 Å². The number of rotatable bonds is 5. The average molecular weight is 455 g/mol. The van der Waals surface area contributed by atoms with Crippen LogP contribution in [0.4, 0.5) is 19.0 Å². The van der Waals surface area contributed by atoms with Crippen LogP contribution in [-0.2, 0) is 13.3 Å². The zero-order chi connectivity index (χ0) is 22.9. The van der Waals surface area contributed by atoms with Gasteiger partial charge in [-0.3, -0.25) is 9.69 Å². The molecule has 1 N–H and O–H groups in total. The highest BCUT2D eigenvalue weighted by Crippen LogP contribution is 2.30. The highest BCUT2D eigenvalue weighted by atomic mass is 19.1. The fraction of sp³-hybridized carbons (Fsp3) is 0.273. The minimum absolute atomic E-state index is 0.295. The monoisotopic (exact) mass is 455 g/mol. The lowest BCUT2D eigenvalue weighted by Crippen LogP contribution is -2.46. The lowest BCUT2D eigenvalue weighted by molar-refractivity contribution is 0.246. The molecule has 4 heterocycles. The molecule has 1 aliphatic rings. The number of hydrogen-bond donors (Lipinski definition) is 1. The van der Waals surface area contributed by atoms with Crippen molar-refractivity contribution >= 4 is 16.9 Å². The van der Waals surface area contributed by atoms with Crippen molar-refractivity contribution in [1.29, 1.82) is 0 Å². The van der Waals surface area contributed by atoms with Gasteiger partial charge in [-0.25, -0.2) is 27.8 Å². The summed E-state index contributed by atoms with van der Waals surface area (Å²) in [6, 6.07) is 4.98. The van der Waals surface area contributed by atoms with Gasteiger partial charge in [-0.1, -0.05) is 6.07 Å². The van der Waals surface area contributed by atoms with Gasteiger partial charge in [-0.2, -0.15) is 5.10 Å². The van der Waals surface area contributed by atoms with Gasteiger partial charge < -0.3 is 9.88 Å². The molecule has 0 atom stereocenters. The van der Waals surface area contributed by atoms with Crippen LogP contribution in [0.25, 0.3) is 22.3 Å². The van der Waals surface area contributed by atoms with E-state index in [4.69, 9.17) is 4.98 Å². The van der Waals surface area contributed by atoms with Crippen LogP contribution < -0.4 is 10.5 Å². The normalized spacial score (nSPS) is 14.8. The van der Waals surface area contributed by atoms with Crippen molar-refractivity contribution < 1.29 is 13.2 Å². The molecule has 1 saturated heterocycles. The van der Waals surface area contributed by atoms with Crippen LogP contribution >= 0.6 is 0 Å². The first-order valence-corrected chi connectivity index (χ1v) is 10.4. The SMILES string of the molecule is O=c1cc2nc(-c3cnn(CF)c3)c(N3CCN(Cc4ccc(F)cc4F)CC3)nc2c[nH]1. The summed E-state index contributed by atoms with van der Waals surface area (Å²) in [7, 11) is 0. The predicted molar refractivity (Wildman–Crippen MR) is 116 cm³/mol. The van der Waals surface area contributed by atoms with E-state index in [0.29, 0.717) is 66.4 Å². The minimum Gasteiger partial charge on any atom is -0.352 e. The third kappa shape index (κ3) is 4.31. The van der Waals surface area contributed by atoms with Crippen LogP contribution in [0.3, 0.4) is 0 Å². The number of nitrogens with one attached hydrogen (secondary N) is 1. The molecule has 0 unspecified atom stereocenters. The van der Waals surface area contributed by atoms with Crippen molar-refractivity contribution in [1.82, 2.24) is 29.6 Å². The molecule has 0 spiro atoms. The van der Waals surface area contributed by atoms with Crippen LogP contribution in [0.5, 0.6) is 0 Å². The summed E-state index contributed by atoms with van der Waals surface area (Å²) in [6.45, 7) is 2.05. The van der Waals surface area contributed by atoms with Crippen LogP contribution in [0, 0.1) is 11.6 Å². The zero-order valence-corrected chi connectivity index (χ0v) is 17.5. The van der Waals surface area contributed by atoms with E-state index in [1.165, 1.54) is 30.6 Å². The van der Waals surface area contributed by atoms with Gasteiger partial charge in [-0.15, -0.1) is 0 Å². The average Bonchev–Trinajstić information content (AvgIpc) is 3.30. The number of halogens is 3. The fourth-order valence-corrected chi connectivity index (χ4v) is 3.94. The number of benzene rings is 1. The van der Waals surface area contributed by atoms with Crippen molar-refractivity contribution in [3.05, 3.63) is 70.4 Å². The summed E-state index contributed by atoms with van der Waals surface area (Å²) in [5.41, 5.74) is 2.20. The smallest absolute Gasteiger partial charge is 0.250 e. The molecule has 0 saturated carbocycles. The molecule has 0 amide bonds. The van der Waals surface area contributed by atoms with Gasteiger partial charge in [0.15, 0.2) is 12.6 Å². The number of anilines is 1. The molecule has 33 heavy (non-hydrogen) atoms. The Labute approximate surface area is 186 Å². The quantitative estimate of drug-likeness (QED) is 0.498. The number of piperazine rings is 1. The standard InChI is InChI=1S/C22H20F3N7O/c23-13-32-12-15(9-27-32)21-22(29-19-10-26-20(33)8-18(19)28-21)31-5-3-30(4-6-31)11-14-1-2-16(24)7-17(14)25/h1-2,7-10,12H,3-6,11,13H2,(H,26,33). The number of H-pyrrole nitrogens is 1. The molecule has 8 nitrogen and oxygen atoms in total. The Morgan fingerprint density at radius 1 is 1.03 bits per heavy atom. The molecular formula is C22H20F3N7O. The van der Waals surface area contributed by atoms with Gasteiger partial charge in [0.05, 0.1) is 11.7 Å². The van der Waals surface area contributed by atoms with Crippen LogP contribution in [-0.4, -0.2) is 55.8 Å². The summed E-state index contributed by atoms with van der Waals surface area (Å²) in [4.78, 5) is 27.9. The van der Waals surface area contributed by atoms with E-state index >= 15 is 0 Å². The van der Waals surface area contributed by atoms with E-state index in [0.717, 1.165) is 10.7 Å². The van der Waals surface area contributed by atoms with E-state index in [2.05, 4.69) is 24.9 Å². The largest absolute Gasteiger partial charge is 0.352 e. The molecule has 11 heteroatoms. The van der Waals surface area contributed by atoms with Gasteiger partial charge in [-0.05, 0) is 6.07 Å². The molecule has 5 rings (SSSR count). The first kappa shape index (κ1) is 21.1. The Hall–Kier alpha value is -3.73. The molecule has 1 aliphatic heterocycles. The summed E-state index contributed by atoms with van der Waals surface area (Å²) in [6.07, 6.45) is 4.57. The molecule has 0 radical (unpaired) electrons. The minimum atomic E-state index is -0.769. The van der Waals surface area contributed by atoms with E-state index in [1.54, 1.807) is 6.20 Å². The van der Waals surface area contributed by atoms with Crippen LogP contribution in [0.2, 0.25) is 0 Å². The molecule has 1 fully saturated rings. The lowest BCUT2D eigenvalue weighted by atomic mass is 10.1. The Bertz CT molecular complexity index is 1360. The first-order chi connectivity index (χ1) is 16.0. The van der Waals surface area contributed by atoms with Crippen LogP contribution in [0.15, 0.2) is 47.7 Å². The number of pyridine rings is 1. The summed E-state index contributed by atoms with van der Waals surface area (Å²) in [5, 5.41) is 3.99. The molecule has 1 aromatic carbocycles. The molecular weight excluding hydrogens is 435 g/mol. The lowest BCUT2D eigenvalue weighted by Gasteiger charge is -2.36. The van der Waals surface area contributed by atoms with Gasteiger partial charge in [0.25, 0.3) is 0 Å².